The molecule has 0 bridgehead atoms. The second kappa shape index (κ2) is 8.37. The van der Waals surface area contributed by atoms with Crippen molar-refractivity contribution in [3.63, 3.8) is 0 Å². The Morgan fingerprint density at radius 3 is 1.93 bits per heavy atom. The van der Waals surface area contributed by atoms with Gasteiger partial charge in [-0.05, 0) is 55.7 Å². The number of carbonyl (C=O) groups is 1. The molecule has 2 aromatic rings. The molecule has 0 aromatic heterocycles. The van der Waals surface area contributed by atoms with Crippen LogP contribution in [0.5, 0.6) is 0 Å². The van der Waals surface area contributed by atoms with E-state index in [0.29, 0.717) is 30.6 Å². The molecule has 1 saturated heterocycles. The summed E-state index contributed by atoms with van der Waals surface area (Å²) in [5.41, 5.74) is 0.445. The van der Waals surface area contributed by atoms with Crippen molar-refractivity contribution in [1.29, 1.82) is 0 Å². The number of rotatable bonds is 7. The van der Waals surface area contributed by atoms with E-state index in [-0.39, 0.29) is 24.7 Å². The van der Waals surface area contributed by atoms with Crippen LogP contribution in [-0.4, -0.2) is 25.0 Å². The molecule has 0 saturated carbocycles. The molecule has 2 aromatic carbocycles. The van der Waals surface area contributed by atoms with Crippen molar-refractivity contribution in [1.82, 2.24) is 0 Å². The van der Waals surface area contributed by atoms with Crippen LogP contribution in [0.1, 0.15) is 44.2 Å². The van der Waals surface area contributed by atoms with Crippen molar-refractivity contribution in [3.05, 3.63) is 71.3 Å². The normalized spacial score (nSPS) is 20.9. The average Bonchev–Trinajstić information content (AvgIpc) is 3.03. The second-order valence-electron chi connectivity index (χ2n) is 6.77. The van der Waals surface area contributed by atoms with Gasteiger partial charge in [0.25, 0.3) is 0 Å². The number of carbonyl (C=O) groups excluding carboxylic acids is 1. The first-order valence-corrected chi connectivity index (χ1v) is 9.45. The number of ether oxygens (including phenoxy) is 3. The first-order valence-electron chi connectivity index (χ1n) is 9.45. The van der Waals surface area contributed by atoms with Crippen LogP contribution in [0.2, 0.25) is 0 Å². The van der Waals surface area contributed by atoms with Gasteiger partial charge in [-0.1, -0.05) is 24.3 Å². The highest BCUT2D eigenvalue weighted by Gasteiger charge is 2.53. The second-order valence-corrected chi connectivity index (χ2v) is 6.77. The first kappa shape index (κ1) is 20.4. The summed E-state index contributed by atoms with van der Waals surface area (Å²) in [4.78, 5) is 12.2. The van der Waals surface area contributed by atoms with Crippen LogP contribution in [0.3, 0.4) is 0 Å². The summed E-state index contributed by atoms with van der Waals surface area (Å²) in [5, 5.41) is 0. The van der Waals surface area contributed by atoms with Gasteiger partial charge in [0.1, 0.15) is 17.2 Å². The fourth-order valence-electron chi connectivity index (χ4n) is 3.77. The summed E-state index contributed by atoms with van der Waals surface area (Å²) in [7, 11) is 0. The number of halogens is 2. The molecule has 6 heteroatoms. The number of esters is 1. The van der Waals surface area contributed by atoms with Crippen molar-refractivity contribution < 1.29 is 27.8 Å². The zero-order valence-corrected chi connectivity index (χ0v) is 16.0. The van der Waals surface area contributed by atoms with Crippen LogP contribution in [0, 0.1) is 11.6 Å². The molecule has 0 amide bonds. The minimum absolute atomic E-state index is 0.0567. The molecule has 4 nitrogen and oxygen atoms in total. The summed E-state index contributed by atoms with van der Waals surface area (Å²) >= 11 is 0. The minimum Gasteiger partial charge on any atom is -0.466 e. The molecule has 0 aliphatic carbocycles. The highest BCUT2D eigenvalue weighted by molar-refractivity contribution is 5.70. The van der Waals surface area contributed by atoms with Crippen LogP contribution >= 0.6 is 0 Å². The van der Waals surface area contributed by atoms with Crippen molar-refractivity contribution in [3.8, 4) is 0 Å². The van der Waals surface area contributed by atoms with E-state index < -0.39 is 17.4 Å². The third-order valence-corrected chi connectivity index (χ3v) is 4.97. The molecule has 3 rings (SSSR count). The van der Waals surface area contributed by atoms with E-state index in [1.54, 1.807) is 31.2 Å². The Hall–Kier alpha value is -2.31. The number of hydrogen-bond acceptors (Lipinski definition) is 4. The molecule has 1 aliphatic rings. The van der Waals surface area contributed by atoms with E-state index in [9.17, 15) is 13.6 Å². The topological polar surface area (TPSA) is 44.8 Å². The molecule has 1 aliphatic heterocycles. The van der Waals surface area contributed by atoms with Crippen LogP contribution in [0.15, 0.2) is 48.5 Å². The Balaban J connectivity index is 2.03. The van der Waals surface area contributed by atoms with Crippen molar-refractivity contribution in [2.24, 2.45) is 0 Å². The lowest BCUT2D eigenvalue weighted by atomic mass is 9.83. The Morgan fingerprint density at radius 1 is 0.929 bits per heavy atom. The van der Waals surface area contributed by atoms with E-state index >= 15 is 0 Å². The first-order chi connectivity index (χ1) is 13.4. The van der Waals surface area contributed by atoms with Gasteiger partial charge in [0.05, 0.1) is 13.0 Å². The SMILES string of the molecule is CCOC(=O)CC1(OCC)CCC(c2ccc(F)cc2)(c2ccc(F)cc2)O1. The molecule has 1 atom stereocenters. The molecule has 0 radical (unpaired) electrons. The van der Waals surface area contributed by atoms with Crippen molar-refractivity contribution >= 4 is 5.97 Å². The Kier molecular flexibility index (Phi) is 6.10. The summed E-state index contributed by atoms with van der Waals surface area (Å²) in [6.07, 6.45) is 0.872. The molecule has 0 spiro atoms. The van der Waals surface area contributed by atoms with Gasteiger partial charge in [-0.25, -0.2) is 8.78 Å². The van der Waals surface area contributed by atoms with Gasteiger partial charge in [-0.2, -0.15) is 0 Å². The van der Waals surface area contributed by atoms with E-state index in [2.05, 4.69) is 0 Å². The zero-order valence-electron chi connectivity index (χ0n) is 16.0. The van der Waals surface area contributed by atoms with E-state index in [0.717, 1.165) is 0 Å². The fourth-order valence-corrected chi connectivity index (χ4v) is 3.77. The van der Waals surface area contributed by atoms with Crippen LogP contribution in [0.25, 0.3) is 0 Å². The molecule has 1 fully saturated rings. The van der Waals surface area contributed by atoms with Gasteiger partial charge in [-0.3, -0.25) is 4.79 Å². The lowest BCUT2D eigenvalue weighted by Crippen LogP contribution is -2.39. The average molecular weight is 390 g/mol. The van der Waals surface area contributed by atoms with E-state index in [1.165, 1.54) is 24.3 Å². The minimum atomic E-state index is -1.16. The highest BCUT2D eigenvalue weighted by atomic mass is 19.1. The summed E-state index contributed by atoms with van der Waals surface area (Å²) < 4.78 is 44.5. The van der Waals surface area contributed by atoms with Crippen LogP contribution in [-0.2, 0) is 24.6 Å². The van der Waals surface area contributed by atoms with Crippen molar-refractivity contribution in [2.75, 3.05) is 13.2 Å². The lowest BCUT2D eigenvalue weighted by Gasteiger charge is -2.35. The molecule has 150 valence electrons. The quantitative estimate of drug-likeness (QED) is 0.643. The monoisotopic (exact) mass is 390 g/mol. The Bertz CT molecular complexity index is 759. The standard InChI is InChI=1S/C22H24F2O4/c1-3-26-20(25)15-21(27-4-2)13-14-22(28-21,16-5-9-18(23)10-6-16)17-7-11-19(24)12-8-17/h5-12H,3-4,13-15H2,1-2H3. The van der Waals surface area contributed by atoms with Gasteiger partial charge >= 0.3 is 5.97 Å². The molecule has 0 N–H and O–H groups in total. The van der Waals surface area contributed by atoms with Gasteiger partial charge in [0.2, 0.25) is 0 Å². The summed E-state index contributed by atoms with van der Waals surface area (Å²) in [6, 6.07) is 12.0. The summed E-state index contributed by atoms with van der Waals surface area (Å²) in [6.45, 7) is 4.18. The Morgan fingerprint density at radius 2 is 1.46 bits per heavy atom. The maximum Gasteiger partial charge on any atom is 0.311 e. The third kappa shape index (κ3) is 4.08. The van der Waals surface area contributed by atoms with Gasteiger partial charge in [0.15, 0.2) is 5.79 Å². The summed E-state index contributed by atoms with van der Waals surface area (Å²) in [5.74, 6) is -2.30. The smallest absolute Gasteiger partial charge is 0.311 e. The molecule has 1 unspecified atom stereocenters. The van der Waals surface area contributed by atoms with Gasteiger partial charge in [0, 0.05) is 13.0 Å². The Labute approximate surface area is 163 Å². The maximum absolute atomic E-state index is 13.5. The number of benzene rings is 2. The van der Waals surface area contributed by atoms with Crippen LogP contribution in [0.4, 0.5) is 8.78 Å². The molecular formula is C22H24F2O4. The lowest BCUT2D eigenvalue weighted by molar-refractivity contribution is -0.249. The van der Waals surface area contributed by atoms with Crippen molar-refractivity contribution in [2.45, 2.75) is 44.5 Å². The number of hydrogen-bond donors (Lipinski definition) is 0. The highest BCUT2D eigenvalue weighted by Crippen LogP contribution is 2.50. The van der Waals surface area contributed by atoms with E-state index in [1.807, 2.05) is 6.92 Å². The van der Waals surface area contributed by atoms with Crippen LogP contribution < -0.4 is 0 Å². The fraction of sp³-hybridized carbons (Fsp3) is 0.409. The third-order valence-electron chi connectivity index (χ3n) is 4.97. The molecule has 28 heavy (non-hydrogen) atoms. The van der Waals surface area contributed by atoms with Gasteiger partial charge < -0.3 is 14.2 Å². The zero-order chi connectivity index (χ0) is 20.2. The van der Waals surface area contributed by atoms with Gasteiger partial charge in [-0.15, -0.1) is 0 Å². The molecule has 1 heterocycles. The predicted molar refractivity (Wildman–Crippen MR) is 99.5 cm³/mol. The largest absolute Gasteiger partial charge is 0.466 e. The predicted octanol–water partition coefficient (Wildman–Crippen LogP) is 4.70. The maximum atomic E-state index is 13.5. The molecular weight excluding hydrogens is 366 g/mol. The van der Waals surface area contributed by atoms with E-state index in [4.69, 9.17) is 14.2 Å².